The van der Waals surface area contributed by atoms with E-state index < -0.39 is 24.2 Å². The van der Waals surface area contributed by atoms with E-state index in [4.69, 9.17) is 26.4 Å². The highest BCUT2D eigenvalue weighted by Gasteiger charge is 2.37. The summed E-state index contributed by atoms with van der Waals surface area (Å²) in [5.41, 5.74) is 0.261. The molecule has 2 heterocycles. The van der Waals surface area contributed by atoms with Gasteiger partial charge in [0, 0.05) is 38.3 Å². The summed E-state index contributed by atoms with van der Waals surface area (Å²) in [6.07, 6.45) is 9.14. The summed E-state index contributed by atoms with van der Waals surface area (Å²) in [6, 6.07) is 0. The highest BCUT2D eigenvalue weighted by atomic mass is 32.1. The van der Waals surface area contributed by atoms with Crippen LogP contribution in [0.2, 0.25) is 0 Å². The molecule has 1 aromatic rings. The lowest BCUT2D eigenvalue weighted by Gasteiger charge is -2.16. The minimum Gasteiger partial charge on any atom is -0.463 e. The van der Waals surface area contributed by atoms with Crippen LogP contribution in [0.25, 0.3) is 0 Å². The van der Waals surface area contributed by atoms with Gasteiger partial charge in [0.05, 0.1) is 0 Å². The van der Waals surface area contributed by atoms with Crippen LogP contribution in [0.5, 0.6) is 0 Å². The van der Waals surface area contributed by atoms with Gasteiger partial charge in [0.2, 0.25) is 0 Å². The van der Waals surface area contributed by atoms with Crippen LogP contribution in [0, 0.1) is 11.6 Å². The Morgan fingerprint density at radius 3 is 2.47 bits per heavy atom. The third kappa shape index (κ3) is 9.11. The number of carbonyl (C=O) groups is 1. The summed E-state index contributed by atoms with van der Waals surface area (Å²) in [7, 11) is 1.73. The van der Waals surface area contributed by atoms with Crippen molar-refractivity contribution in [2.45, 2.75) is 96.1 Å². The highest BCUT2D eigenvalue weighted by Crippen LogP contribution is 2.30. The van der Waals surface area contributed by atoms with E-state index in [1.807, 2.05) is 0 Å². The van der Waals surface area contributed by atoms with Crippen LogP contribution in [0.3, 0.4) is 0 Å². The van der Waals surface area contributed by atoms with Crippen molar-refractivity contribution in [2.24, 2.45) is 0 Å². The summed E-state index contributed by atoms with van der Waals surface area (Å²) in [4.78, 5) is 26.6. The molecule has 1 fully saturated rings. The Morgan fingerprint density at radius 2 is 1.81 bits per heavy atom. The van der Waals surface area contributed by atoms with Crippen LogP contribution >= 0.6 is 12.2 Å². The van der Waals surface area contributed by atoms with Gasteiger partial charge in [0.25, 0.3) is 0 Å². The molecule has 1 aromatic heterocycles. The van der Waals surface area contributed by atoms with Crippen molar-refractivity contribution in [3.8, 4) is 0 Å². The molecule has 0 saturated carbocycles. The first-order chi connectivity index (χ1) is 15.4. The number of hydrogen-bond donors (Lipinski definition) is 1. The number of rotatable bonds is 15. The number of aromatic amines is 1. The zero-order valence-corrected chi connectivity index (χ0v) is 20.1. The molecule has 0 unspecified atom stereocenters. The summed E-state index contributed by atoms with van der Waals surface area (Å²) < 4.78 is 31.9. The molecule has 182 valence electrons. The lowest BCUT2D eigenvalue weighted by atomic mass is 10.1. The molecule has 0 radical (unpaired) electrons. The SMILES string of the molecule is COCCCCCCCCCCCC(=O)OC[C@H]1O[C@@H](n2cc(C)c(=S)[nH]c2=O)C[C@@H]1F. The number of aryl methyl sites for hydroxylation is 1. The number of alkyl halides is 1. The van der Waals surface area contributed by atoms with Crippen molar-refractivity contribution in [3.63, 3.8) is 0 Å². The zero-order valence-electron chi connectivity index (χ0n) is 19.3. The number of unbranched alkanes of at least 4 members (excludes halogenated alkanes) is 8. The van der Waals surface area contributed by atoms with Gasteiger partial charge in [-0.05, 0) is 19.8 Å². The van der Waals surface area contributed by atoms with E-state index in [1.165, 1.54) is 36.7 Å². The van der Waals surface area contributed by atoms with E-state index in [0.717, 1.165) is 32.3 Å². The first kappa shape index (κ1) is 26.7. The van der Waals surface area contributed by atoms with Gasteiger partial charge in [-0.3, -0.25) is 14.3 Å². The van der Waals surface area contributed by atoms with Gasteiger partial charge in [-0.1, -0.05) is 57.2 Å². The van der Waals surface area contributed by atoms with E-state index in [0.29, 0.717) is 16.6 Å². The van der Waals surface area contributed by atoms with Crippen LogP contribution in [0.1, 0.15) is 82.4 Å². The quantitative estimate of drug-likeness (QED) is 0.221. The van der Waals surface area contributed by atoms with Crippen LogP contribution in [-0.2, 0) is 19.0 Å². The number of esters is 1. The van der Waals surface area contributed by atoms with Crippen LogP contribution < -0.4 is 5.69 Å². The Labute approximate surface area is 194 Å². The average Bonchev–Trinajstić information content (AvgIpc) is 3.13. The molecular formula is C23H37FN2O5S. The Kier molecular flexibility index (Phi) is 12.1. The van der Waals surface area contributed by atoms with Crippen molar-refractivity contribution < 1.29 is 23.4 Å². The number of nitrogens with zero attached hydrogens (tertiary/aromatic N) is 1. The lowest BCUT2D eigenvalue weighted by Crippen LogP contribution is -2.28. The molecule has 0 amide bonds. The van der Waals surface area contributed by atoms with Crippen LogP contribution in [-0.4, -0.2) is 48.1 Å². The third-order valence-corrected chi connectivity index (χ3v) is 6.18. The number of nitrogens with one attached hydrogen (secondary N) is 1. The van der Waals surface area contributed by atoms with Gasteiger partial charge in [-0.15, -0.1) is 0 Å². The molecule has 1 N–H and O–H groups in total. The van der Waals surface area contributed by atoms with E-state index >= 15 is 0 Å². The zero-order chi connectivity index (χ0) is 23.3. The van der Waals surface area contributed by atoms with Gasteiger partial charge < -0.3 is 14.2 Å². The Hall–Kier alpha value is -1.58. The maximum atomic E-state index is 14.4. The molecule has 0 aromatic carbocycles. The molecule has 9 heteroatoms. The molecule has 0 bridgehead atoms. The smallest absolute Gasteiger partial charge is 0.328 e. The maximum absolute atomic E-state index is 14.4. The molecule has 0 spiro atoms. The number of methoxy groups -OCH3 is 1. The number of aromatic nitrogens is 2. The van der Waals surface area contributed by atoms with Gasteiger partial charge in [0.1, 0.15) is 29.8 Å². The normalized spacial score (nSPS) is 20.5. The van der Waals surface area contributed by atoms with Crippen LogP contribution in [0.4, 0.5) is 4.39 Å². The fourth-order valence-corrected chi connectivity index (χ4v) is 3.95. The summed E-state index contributed by atoms with van der Waals surface area (Å²) in [5, 5.41) is 0. The second-order valence-electron chi connectivity index (χ2n) is 8.47. The molecule has 7 nitrogen and oxygen atoms in total. The molecular weight excluding hydrogens is 435 g/mol. The Bertz CT molecular complexity index is 812. The highest BCUT2D eigenvalue weighted by molar-refractivity contribution is 7.71. The van der Waals surface area contributed by atoms with E-state index in [-0.39, 0.29) is 19.0 Å². The third-order valence-electron chi connectivity index (χ3n) is 5.76. The Balaban J connectivity index is 1.57. The average molecular weight is 473 g/mol. The topological polar surface area (TPSA) is 82.6 Å². The molecule has 32 heavy (non-hydrogen) atoms. The molecule has 0 aliphatic carbocycles. The summed E-state index contributed by atoms with van der Waals surface area (Å²) in [6.45, 7) is 2.47. The van der Waals surface area contributed by atoms with E-state index in [1.54, 1.807) is 20.2 Å². The molecule has 3 atom stereocenters. The Morgan fingerprint density at radius 1 is 1.19 bits per heavy atom. The summed E-state index contributed by atoms with van der Waals surface area (Å²) in [5.74, 6) is -0.334. The maximum Gasteiger partial charge on any atom is 0.328 e. The number of ether oxygens (including phenoxy) is 3. The van der Waals surface area contributed by atoms with E-state index in [9.17, 15) is 14.0 Å². The molecule has 1 saturated heterocycles. The predicted octanol–water partition coefficient (Wildman–Crippen LogP) is 4.93. The van der Waals surface area contributed by atoms with Crippen molar-refractivity contribution in [1.29, 1.82) is 0 Å². The van der Waals surface area contributed by atoms with E-state index in [2.05, 4.69) is 4.98 Å². The van der Waals surface area contributed by atoms with Gasteiger partial charge in [-0.2, -0.15) is 0 Å². The fourth-order valence-electron chi connectivity index (χ4n) is 3.81. The predicted molar refractivity (Wildman–Crippen MR) is 123 cm³/mol. The van der Waals surface area contributed by atoms with Gasteiger partial charge >= 0.3 is 11.7 Å². The number of hydrogen-bond acceptors (Lipinski definition) is 6. The first-order valence-corrected chi connectivity index (χ1v) is 12.1. The lowest BCUT2D eigenvalue weighted by molar-refractivity contribution is -0.149. The standard InChI is InChI=1S/C23H37FN2O5S/c1-17-15-26(23(28)25-22(17)32)20-14-18(24)19(31-20)16-30-21(27)12-10-8-6-4-3-5-7-9-11-13-29-2/h15,18-20H,3-14,16H2,1-2H3,(H,25,28,32)/t18-,19+,20+/m0/s1. The van der Waals surface area contributed by atoms with Crippen molar-refractivity contribution in [3.05, 3.63) is 26.9 Å². The van der Waals surface area contributed by atoms with Crippen molar-refractivity contribution in [1.82, 2.24) is 9.55 Å². The summed E-state index contributed by atoms with van der Waals surface area (Å²) >= 11 is 5.03. The molecule has 1 aliphatic heterocycles. The van der Waals surface area contributed by atoms with Crippen molar-refractivity contribution in [2.75, 3.05) is 20.3 Å². The minimum absolute atomic E-state index is 0.0263. The van der Waals surface area contributed by atoms with Crippen LogP contribution in [0.15, 0.2) is 11.0 Å². The van der Waals surface area contributed by atoms with Gasteiger partial charge in [0.15, 0.2) is 0 Å². The number of carbonyl (C=O) groups excluding carboxylic acids is 1. The fraction of sp³-hybridized carbons (Fsp3) is 0.783. The number of halogens is 1. The van der Waals surface area contributed by atoms with Crippen molar-refractivity contribution >= 4 is 18.2 Å². The number of H-pyrrole nitrogens is 1. The first-order valence-electron chi connectivity index (χ1n) is 11.7. The molecule has 2 rings (SSSR count). The second-order valence-corrected chi connectivity index (χ2v) is 8.88. The molecule has 1 aliphatic rings. The van der Waals surface area contributed by atoms with Gasteiger partial charge in [-0.25, -0.2) is 9.18 Å². The second kappa shape index (κ2) is 14.5. The largest absolute Gasteiger partial charge is 0.463 e. The minimum atomic E-state index is -1.31. The monoisotopic (exact) mass is 472 g/mol.